The molecule has 8 nitrogen and oxygen atoms in total. The Bertz CT molecular complexity index is 759. The van der Waals surface area contributed by atoms with Gasteiger partial charge < -0.3 is 15.7 Å². The molecule has 0 saturated carbocycles. The Hall–Kier alpha value is -1.87. The second-order valence-electron chi connectivity index (χ2n) is 7.31. The first-order valence-corrected chi connectivity index (χ1v) is 9.84. The van der Waals surface area contributed by atoms with Crippen LogP contribution < -0.4 is 16.1 Å². The van der Waals surface area contributed by atoms with E-state index in [9.17, 15) is 19.5 Å². The van der Waals surface area contributed by atoms with Gasteiger partial charge in [-0.1, -0.05) is 50.0 Å². The summed E-state index contributed by atoms with van der Waals surface area (Å²) >= 11 is 11.9. The van der Waals surface area contributed by atoms with Crippen molar-refractivity contribution in [2.24, 2.45) is 11.8 Å². The molecule has 0 aliphatic rings. The molecular weight excluding hydrogens is 421 g/mol. The van der Waals surface area contributed by atoms with Crippen LogP contribution in [0, 0.1) is 11.8 Å². The van der Waals surface area contributed by atoms with E-state index in [0.29, 0.717) is 15.6 Å². The molecule has 3 amide bonds. The standard InChI is InChI=1S/C19H27Cl2N3O5/c1-10(2)9-19(28,11(3)16(25)24-29)18(27)23-15(17(26)22-4)8-12-5-6-13(20)14(21)7-12/h5-7,10-11,15,28-29H,8-9H2,1-4H3,(H,22,26)(H,23,27)(H,24,25). The summed E-state index contributed by atoms with van der Waals surface area (Å²) < 4.78 is 0. The van der Waals surface area contributed by atoms with E-state index >= 15 is 0 Å². The van der Waals surface area contributed by atoms with Crippen LogP contribution in [0.3, 0.4) is 0 Å². The van der Waals surface area contributed by atoms with Crippen molar-refractivity contribution in [1.29, 1.82) is 0 Å². The number of likely N-dealkylation sites (N-methyl/N-ethyl adjacent to an activating group) is 1. The molecule has 5 N–H and O–H groups in total. The number of hydroxylamine groups is 1. The Balaban J connectivity index is 3.16. The van der Waals surface area contributed by atoms with Crippen molar-refractivity contribution < 1.29 is 24.7 Å². The average molecular weight is 448 g/mol. The van der Waals surface area contributed by atoms with Gasteiger partial charge >= 0.3 is 0 Å². The summed E-state index contributed by atoms with van der Waals surface area (Å²) in [6.45, 7) is 4.86. The van der Waals surface area contributed by atoms with Crippen LogP contribution in [0.4, 0.5) is 0 Å². The van der Waals surface area contributed by atoms with Gasteiger partial charge in [0.25, 0.3) is 5.91 Å². The molecule has 1 rings (SSSR count). The van der Waals surface area contributed by atoms with Crippen molar-refractivity contribution in [1.82, 2.24) is 16.1 Å². The maximum atomic E-state index is 13.0. The van der Waals surface area contributed by atoms with Crippen LogP contribution in [0.25, 0.3) is 0 Å². The highest BCUT2D eigenvalue weighted by Crippen LogP contribution is 2.27. The molecule has 0 saturated heterocycles. The first kappa shape index (κ1) is 25.2. The predicted molar refractivity (Wildman–Crippen MR) is 110 cm³/mol. The third-order valence-electron chi connectivity index (χ3n) is 4.62. The fraction of sp³-hybridized carbons (Fsp3) is 0.526. The molecule has 29 heavy (non-hydrogen) atoms. The van der Waals surface area contributed by atoms with Gasteiger partial charge in [-0.3, -0.25) is 19.6 Å². The SMILES string of the molecule is CNC(=O)C(Cc1ccc(Cl)c(Cl)c1)NC(=O)C(O)(CC(C)C)C(C)C(=O)NO. The van der Waals surface area contributed by atoms with Crippen LogP contribution in [-0.4, -0.2) is 46.7 Å². The lowest BCUT2D eigenvalue weighted by atomic mass is 9.80. The van der Waals surface area contributed by atoms with Crippen LogP contribution in [0.1, 0.15) is 32.8 Å². The van der Waals surface area contributed by atoms with Gasteiger partial charge in [-0.05, 0) is 30.0 Å². The first-order chi connectivity index (χ1) is 13.5. The lowest BCUT2D eigenvalue weighted by molar-refractivity contribution is -0.159. The summed E-state index contributed by atoms with van der Waals surface area (Å²) in [5.74, 6) is -3.70. The normalized spacial score (nSPS) is 15.2. The van der Waals surface area contributed by atoms with E-state index < -0.39 is 35.3 Å². The maximum Gasteiger partial charge on any atom is 0.253 e. The highest BCUT2D eigenvalue weighted by molar-refractivity contribution is 6.42. The van der Waals surface area contributed by atoms with E-state index in [-0.39, 0.29) is 18.8 Å². The van der Waals surface area contributed by atoms with E-state index in [0.717, 1.165) is 0 Å². The Kier molecular flexibility index (Phi) is 9.35. The molecule has 0 fully saturated rings. The average Bonchev–Trinajstić information content (AvgIpc) is 2.67. The number of benzene rings is 1. The van der Waals surface area contributed by atoms with Gasteiger partial charge in [0.2, 0.25) is 11.8 Å². The lowest BCUT2D eigenvalue weighted by Gasteiger charge is -2.34. The van der Waals surface area contributed by atoms with Crippen molar-refractivity contribution in [3.05, 3.63) is 33.8 Å². The monoisotopic (exact) mass is 447 g/mol. The summed E-state index contributed by atoms with van der Waals surface area (Å²) in [7, 11) is 1.42. The summed E-state index contributed by atoms with van der Waals surface area (Å²) in [5.41, 5.74) is -0.0417. The van der Waals surface area contributed by atoms with E-state index in [2.05, 4.69) is 10.6 Å². The van der Waals surface area contributed by atoms with E-state index in [4.69, 9.17) is 28.4 Å². The van der Waals surface area contributed by atoms with Gasteiger partial charge in [-0.25, -0.2) is 5.48 Å². The molecule has 10 heteroatoms. The molecule has 1 aromatic rings. The zero-order valence-corrected chi connectivity index (χ0v) is 18.3. The molecule has 0 aliphatic carbocycles. The first-order valence-electron chi connectivity index (χ1n) is 9.09. The molecule has 0 radical (unpaired) electrons. The number of carbonyl (C=O) groups excluding carboxylic acids is 3. The van der Waals surface area contributed by atoms with Crippen molar-refractivity contribution in [3.63, 3.8) is 0 Å². The molecule has 0 bridgehead atoms. The predicted octanol–water partition coefficient (Wildman–Crippen LogP) is 1.69. The van der Waals surface area contributed by atoms with Crippen LogP contribution in [0.2, 0.25) is 10.0 Å². The smallest absolute Gasteiger partial charge is 0.253 e. The van der Waals surface area contributed by atoms with E-state index in [1.165, 1.54) is 19.5 Å². The van der Waals surface area contributed by atoms with Crippen molar-refractivity contribution in [3.8, 4) is 0 Å². The molecule has 3 unspecified atom stereocenters. The Labute approximate surface area is 179 Å². The number of halogens is 2. The number of hydrogen-bond donors (Lipinski definition) is 5. The van der Waals surface area contributed by atoms with E-state index in [1.807, 2.05) is 0 Å². The third kappa shape index (κ3) is 6.57. The molecular formula is C19H27Cl2N3O5. The number of amides is 3. The number of hydrogen-bond acceptors (Lipinski definition) is 5. The van der Waals surface area contributed by atoms with Gasteiger partial charge in [0.1, 0.15) is 6.04 Å². The second kappa shape index (κ2) is 10.8. The number of nitrogens with one attached hydrogen (secondary N) is 3. The van der Waals surface area contributed by atoms with Crippen LogP contribution in [-0.2, 0) is 20.8 Å². The summed E-state index contributed by atoms with van der Waals surface area (Å²) in [4.78, 5) is 37.2. The lowest BCUT2D eigenvalue weighted by Crippen LogP contribution is -2.60. The summed E-state index contributed by atoms with van der Waals surface area (Å²) in [6.07, 6.45) is 0.0291. The Morgan fingerprint density at radius 1 is 1.10 bits per heavy atom. The van der Waals surface area contributed by atoms with Gasteiger partial charge in [-0.15, -0.1) is 0 Å². The van der Waals surface area contributed by atoms with Crippen LogP contribution >= 0.6 is 23.2 Å². The molecule has 0 spiro atoms. The summed E-state index contributed by atoms with van der Waals surface area (Å²) in [6, 6.07) is 3.78. The Morgan fingerprint density at radius 3 is 2.21 bits per heavy atom. The second-order valence-corrected chi connectivity index (χ2v) is 8.13. The highest BCUT2D eigenvalue weighted by atomic mass is 35.5. The molecule has 1 aromatic carbocycles. The van der Waals surface area contributed by atoms with Crippen molar-refractivity contribution >= 4 is 40.9 Å². The van der Waals surface area contributed by atoms with Gasteiger partial charge in [-0.2, -0.15) is 0 Å². The largest absolute Gasteiger partial charge is 0.379 e. The topological polar surface area (TPSA) is 128 Å². The molecule has 0 aromatic heterocycles. The van der Waals surface area contributed by atoms with Crippen molar-refractivity contribution in [2.45, 2.75) is 45.3 Å². The molecule has 3 atom stereocenters. The van der Waals surface area contributed by atoms with Crippen LogP contribution in [0.5, 0.6) is 0 Å². The number of aliphatic hydroxyl groups is 1. The zero-order chi connectivity index (χ0) is 22.4. The number of rotatable bonds is 9. The van der Waals surface area contributed by atoms with E-state index in [1.54, 1.807) is 32.0 Å². The Morgan fingerprint density at radius 2 is 1.72 bits per heavy atom. The quantitative estimate of drug-likeness (QED) is 0.290. The maximum absolute atomic E-state index is 13.0. The van der Waals surface area contributed by atoms with Crippen LogP contribution in [0.15, 0.2) is 18.2 Å². The van der Waals surface area contributed by atoms with Gasteiger partial charge in [0.15, 0.2) is 5.60 Å². The molecule has 0 heterocycles. The van der Waals surface area contributed by atoms with Gasteiger partial charge in [0, 0.05) is 13.5 Å². The minimum absolute atomic E-state index is 0.0549. The minimum atomic E-state index is -2.13. The highest BCUT2D eigenvalue weighted by Gasteiger charge is 2.46. The number of carbonyl (C=O) groups is 3. The third-order valence-corrected chi connectivity index (χ3v) is 5.36. The van der Waals surface area contributed by atoms with Gasteiger partial charge in [0.05, 0.1) is 16.0 Å². The van der Waals surface area contributed by atoms with Crippen molar-refractivity contribution in [2.75, 3.05) is 7.05 Å². The zero-order valence-electron chi connectivity index (χ0n) is 16.8. The fourth-order valence-corrected chi connectivity index (χ4v) is 3.29. The summed E-state index contributed by atoms with van der Waals surface area (Å²) in [5, 5.41) is 25.6. The fourth-order valence-electron chi connectivity index (χ4n) is 2.97. The minimum Gasteiger partial charge on any atom is -0.379 e. The molecule has 162 valence electrons. The molecule has 0 aliphatic heterocycles.